The number of carbonyl (C=O) groups is 2. The second kappa shape index (κ2) is 5.47. The lowest BCUT2D eigenvalue weighted by molar-refractivity contribution is 0.0465. The van der Waals surface area contributed by atoms with Gasteiger partial charge in [-0.3, -0.25) is 4.79 Å². The van der Waals surface area contributed by atoms with Crippen molar-refractivity contribution in [2.24, 2.45) is 5.92 Å². The molecule has 0 spiro atoms. The maximum absolute atomic E-state index is 13.1. The monoisotopic (exact) mass is 327 g/mol. The highest BCUT2D eigenvalue weighted by Gasteiger charge is 2.61. The van der Waals surface area contributed by atoms with Crippen molar-refractivity contribution in [2.45, 2.75) is 38.3 Å². The molecule has 1 N–H and O–H groups in total. The molecule has 0 aliphatic heterocycles. The predicted molar refractivity (Wildman–Crippen MR) is 90.8 cm³/mol. The molecule has 1 heterocycles. The van der Waals surface area contributed by atoms with Gasteiger partial charge in [0.1, 0.15) is 11.1 Å². The zero-order chi connectivity index (χ0) is 17.5. The van der Waals surface area contributed by atoms with Crippen molar-refractivity contribution in [1.29, 1.82) is 0 Å². The fourth-order valence-electron chi connectivity index (χ4n) is 2.82. The highest BCUT2D eigenvalue weighted by Crippen LogP contribution is 2.46. The summed E-state index contributed by atoms with van der Waals surface area (Å²) < 4.78 is 6.64. The fourth-order valence-corrected chi connectivity index (χ4v) is 2.82. The third kappa shape index (κ3) is 2.79. The first kappa shape index (κ1) is 16.2. The number of benzene rings is 1. The first-order valence-corrected chi connectivity index (χ1v) is 7.88. The Kier molecular flexibility index (Phi) is 3.70. The number of carbonyl (C=O) groups excluding carboxylic acids is 2. The highest BCUT2D eigenvalue weighted by molar-refractivity contribution is 6.00. The lowest BCUT2D eigenvalue weighted by Gasteiger charge is -2.23. The van der Waals surface area contributed by atoms with E-state index in [1.54, 1.807) is 33.0 Å². The summed E-state index contributed by atoms with van der Waals surface area (Å²) in [4.78, 5) is 25.2. The van der Waals surface area contributed by atoms with Crippen molar-refractivity contribution in [2.75, 3.05) is 0 Å². The van der Waals surface area contributed by atoms with Gasteiger partial charge in [0.25, 0.3) is 5.91 Å². The molecule has 1 aliphatic carbocycles. The number of fused-ring (bicyclic) bond motifs is 1. The van der Waals surface area contributed by atoms with Gasteiger partial charge in [-0.25, -0.2) is 4.79 Å². The molecule has 2 unspecified atom stereocenters. The average molecular weight is 327 g/mol. The summed E-state index contributed by atoms with van der Waals surface area (Å²) in [6.07, 6.45) is 3.19. The molecule has 0 bridgehead atoms. The number of hydrogen-bond acceptors (Lipinski definition) is 4. The number of rotatable bonds is 3. The summed E-state index contributed by atoms with van der Waals surface area (Å²) in [6.45, 7) is 9.09. The van der Waals surface area contributed by atoms with Crippen LogP contribution in [0.3, 0.4) is 0 Å². The molecule has 24 heavy (non-hydrogen) atoms. The van der Waals surface area contributed by atoms with Gasteiger partial charge in [-0.1, -0.05) is 24.3 Å². The van der Waals surface area contributed by atoms with Crippen molar-refractivity contribution < 1.29 is 14.3 Å². The van der Waals surface area contributed by atoms with Crippen LogP contribution in [0.15, 0.2) is 43.1 Å². The first-order chi connectivity index (χ1) is 11.3. The second-order valence-corrected chi connectivity index (χ2v) is 7.06. The van der Waals surface area contributed by atoms with Gasteiger partial charge in [0.15, 0.2) is 0 Å². The Labute approximate surface area is 140 Å². The van der Waals surface area contributed by atoms with Crippen molar-refractivity contribution in [3.05, 3.63) is 43.1 Å². The van der Waals surface area contributed by atoms with E-state index < -0.39 is 17.2 Å². The third-order valence-corrected chi connectivity index (χ3v) is 4.07. The van der Waals surface area contributed by atoms with E-state index in [0.717, 1.165) is 5.39 Å². The third-order valence-electron chi connectivity index (χ3n) is 4.07. The Hall–Kier alpha value is -2.63. The van der Waals surface area contributed by atoms with Gasteiger partial charge in [-0.05, 0) is 33.3 Å². The van der Waals surface area contributed by atoms with Crippen molar-refractivity contribution in [3.63, 3.8) is 0 Å². The Morgan fingerprint density at radius 3 is 2.75 bits per heavy atom. The molecule has 126 valence electrons. The van der Waals surface area contributed by atoms with Crippen LogP contribution in [0, 0.1) is 5.92 Å². The van der Waals surface area contributed by atoms with E-state index in [9.17, 15) is 9.59 Å². The Morgan fingerprint density at radius 1 is 1.42 bits per heavy atom. The maximum atomic E-state index is 13.1. The highest BCUT2D eigenvalue weighted by atomic mass is 16.6. The van der Waals surface area contributed by atoms with Crippen LogP contribution in [-0.4, -0.2) is 32.9 Å². The smallest absolute Gasteiger partial charge is 0.408 e. The maximum Gasteiger partial charge on any atom is 0.408 e. The zero-order valence-electron chi connectivity index (χ0n) is 14.1. The number of alkyl carbamates (subject to hydrolysis) is 1. The molecule has 6 nitrogen and oxygen atoms in total. The summed E-state index contributed by atoms with van der Waals surface area (Å²) in [5, 5.41) is 7.80. The molecule has 1 saturated carbocycles. The number of amides is 1. The van der Waals surface area contributed by atoms with Crippen LogP contribution in [0.5, 0.6) is 0 Å². The predicted octanol–water partition coefficient (Wildman–Crippen LogP) is 3.15. The average Bonchev–Trinajstić information content (AvgIpc) is 3.04. The van der Waals surface area contributed by atoms with E-state index in [1.165, 1.54) is 4.68 Å². The fraction of sp³-hybridized carbons (Fsp3) is 0.389. The van der Waals surface area contributed by atoms with Crippen molar-refractivity contribution in [1.82, 2.24) is 15.1 Å². The summed E-state index contributed by atoms with van der Waals surface area (Å²) in [6, 6.07) is 7.45. The lowest BCUT2D eigenvalue weighted by atomic mass is 10.1. The Morgan fingerprint density at radius 2 is 2.12 bits per heavy atom. The first-order valence-electron chi connectivity index (χ1n) is 7.88. The molecule has 1 aliphatic rings. The minimum atomic E-state index is -1.04. The van der Waals surface area contributed by atoms with E-state index in [-0.39, 0.29) is 11.8 Å². The van der Waals surface area contributed by atoms with Gasteiger partial charge in [0.05, 0.1) is 11.7 Å². The van der Waals surface area contributed by atoms with Crippen LogP contribution in [0.1, 0.15) is 32.0 Å². The van der Waals surface area contributed by atoms with Gasteiger partial charge in [0.2, 0.25) is 0 Å². The van der Waals surface area contributed by atoms with E-state index in [1.807, 2.05) is 24.3 Å². The number of ether oxygens (including phenoxy) is 1. The number of hydrogen-bond donors (Lipinski definition) is 1. The molecule has 2 atom stereocenters. The van der Waals surface area contributed by atoms with Crippen LogP contribution < -0.4 is 5.32 Å². The van der Waals surface area contributed by atoms with Gasteiger partial charge in [-0.15, -0.1) is 6.58 Å². The Balaban J connectivity index is 1.90. The van der Waals surface area contributed by atoms with Crippen LogP contribution >= 0.6 is 0 Å². The van der Waals surface area contributed by atoms with Gasteiger partial charge in [0, 0.05) is 11.3 Å². The second-order valence-electron chi connectivity index (χ2n) is 7.06. The van der Waals surface area contributed by atoms with E-state index in [4.69, 9.17) is 4.74 Å². The largest absolute Gasteiger partial charge is 0.444 e. The van der Waals surface area contributed by atoms with Gasteiger partial charge < -0.3 is 10.1 Å². The number of nitrogens with one attached hydrogen (secondary N) is 1. The van der Waals surface area contributed by atoms with Crippen LogP contribution in [0.2, 0.25) is 0 Å². The normalized spacial score (nSPS) is 22.9. The Bertz CT molecular complexity index is 818. The molecule has 3 rings (SSSR count). The summed E-state index contributed by atoms with van der Waals surface area (Å²) in [7, 11) is 0. The number of para-hydroxylation sites is 1. The van der Waals surface area contributed by atoms with Gasteiger partial charge >= 0.3 is 6.09 Å². The molecule has 1 fully saturated rings. The van der Waals surface area contributed by atoms with Crippen molar-refractivity contribution in [3.8, 4) is 0 Å². The SMILES string of the molecule is C=CC1CC1(NC(=O)OC(C)(C)C)C(=O)n1ncc2ccccc21. The molecule has 1 aromatic heterocycles. The summed E-state index contributed by atoms with van der Waals surface area (Å²) >= 11 is 0. The molecular weight excluding hydrogens is 306 g/mol. The quantitative estimate of drug-likeness (QED) is 0.879. The molecule has 1 aromatic carbocycles. The molecule has 2 aromatic rings. The summed E-state index contributed by atoms with van der Waals surface area (Å²) in [5.74, 6) is -0.417. The molecule has 0 radical (unpaired) electrons. The summed E-state index contributed by atoms with van der Waals surface area (Å²) in [5.41, 5.74) is -0.966. The van der Waals surface area contributed by atoms with E-state index in [0.29, 0.717) is 11.9 Å². The minimum Gasteiger partial charge on any atom is -0.444 e. The van der Waals surface area contributed by atoms with Crippen molar-refractivity contribution >= 4 is 22.9 Å². The number of aromatic nitrogens is 2. The van der Waals surface area contributed by atoms with E-state index in [2.05, 4.69) is 17.0 Å². The lowest BCUT2D eigenvalue weighted by Crippen LogP contribution is -2.49. The molecular formula is C18H21N3O3. The standard InChI is InChI=1S/C18H21N3O3/c1-5-13-10-18(13,20-16(23)24-17(2,3)4)15(22)21-14-9-7-6-8-12(14)11-19-21/h5-9,11,13H,1,10H2,2-4H3,(H,20,23). The molecule has 1 amide bonds. The van der Waals surface area contributed by atoms with Gasteiger partial charge in [-0.2, -0.15) is 9.78 Å². The minimum absolute atomic E-state index is 0.138. The van der Waals surface area contributed by atoms with Crippen LogP contribution in [0.4, 0.5) is 4.79 Å². The number of nitrogens with zero attached hydrogens (tertiary/aromatic N) is 2. The molecule has 6 heteroatoms. The van der Waals surface area contributed by atoms with E-state index >= 15 is 0 Å². The van der Waals surface area contributed by atoms with Crippen LogP contribution in [-0.2, 0) is 4.74 Å². The zero-order valence-corrected chi connectivity index (χ0v) is 14.1. The topological polar surface area (TPSA) is 73.2 Å². The molecule has 0 saturated heterocycles. The van der Waals surface area contributed by atoms with Crippen LogP contribution in [0.25, 0.3) is 10.9 Å².